The van der Waals surface area contributed by atoms with Crippen LogP contribution in [0.2, 0.25) is 0 Å². The molecule has 1 rings (SSSR count). The maximum atomic E-state index is 11.2. The van der Waals surface area contributed by atoms with Gasteiger partial charge in [0.1, 0.15) is 0 Å². The van der Waals surface area contributed by atoms with Crippen molar-refractivity contribution in [1.29, 1.82) is 0 Å². The number of carbonyl (C=O) groups excluding carboxylic acids is 1. The maximum Gasteiger partial charge on any atom is 0.234 e. The Morgan fingerprint density at radius 2 is 2.53 bits per heavy atom. The average Bonchev–Trinajstić information content (AvgIpc) is 2.71. The molecule has 2 N–H and O–H groups in total. The van der Waals surface area contributed by atoms with Crippen LogP contribution in [0.15, 0.2) is 10.9 Å². The molecule has 1 aromatic rings. The summed E-state index contributed by atoms with van der Waals surface area (Å²) in [5.74, 6) is -0.0257. The molecular weight excluding hydrogens is 214 g/mol. The first-order chi connectivity index (χ1) is 7.33. The summed E-state index contributed by atoms with van der Waals surface area (Å²) in [6.07, 6.45) is 0. The number of thiazole rings is 1. The number of methoxy groups -OCH3 is 1. The lowest BCUT2D eigenvalue weighted by Gasteiger charge is -2.04. The summed E-state index contributed by atoms with van der Waals surface area (Å²) < 4.78 is 4.81. The quantitative estimate of drug-likeness (QED) is 0.646. The predicted molar refractivity (Wildman–Crippen MR) is 58.7 cm³/mol. The third-order valence-corrected chi connectivity index (χ3v) is 2.34. The van der Waals surface area contributed by atoms with Crippen LogP contribution in [0.25, 0.3) is 0 Å². The Kier molecular flexibility index (Phi) is 5.91. The molecule has 0 bridgehead atoms. The molecule has 6 heteroatoms. The van der Waals surface area contributed by atoms with Gasteiger partial charge in [-0.2, -0.15) is 0 Å². The molecule has 0 atom stereocenters. The average molecular weight is 229 g/mol. The Bertz CT molecular complexity index is 277. The molecule has 0 aliphatic rings. The van der Waals surface area contributed by atoms with E-state index in [-0.39, 0.29) is 5.91 Å². The first-order valence-corrected chi connectivity index (χ1v) is 5.60. The number of carbonyl (C=O) groups is 1. The Morgan fingerprint density at radius 1 is 1.67 bits per heavy atom. The smallest absolute Gasteiger partial charge is 0.234 e. The van der Waals surface area contributed by atoms with Gasteiger partial charge in [0.15, 0.2) is 0 Å². The maximum absolute atomic E-state index is 11.2. The van der Waals surface area contributed by atoms with E-state index in [0.29, 0.717) is 26.2 Å². The van der Waals surface area contributed by atoms with Crippen molar-refractivity contribution < 1.29 is 9.53 Å². The van der Waals surface area contributed by atoms with Crippen LogP contribution in [0, 0.1) is 0 Å². The van der Waals surface area contributed by atoms with Gasteiger partial charge in [-0.1, -0.05) is 0 Å². The summed E-state index contributed by atoms with van der Waals surface area (Å²) in [6.45, 7) is 2.02. The van der Waals surface area contributed by atoms with Gasteiger partial charge in [0.25, 0.3) is 0 Å². The summed E-state index contributed by atoms with van der Waals surface area (Å²) in [4.78, 5) is 15.3. The second-order valence-electron chi connectivity index (χ2n) is 2.93. The molecule has 1 heterocycles. The largest absolute Gasteiger partial charge is 0.383 e. The van der Waals surface area contributed by atoms with Crippen LogP contribution in [0.5, 0.6) is 0 Å². The minimum atomic E-state index is -0.0257. The first kappa shape index (κ1) is 12.1. The Morgan fingerprint density at radius 3 is 3.20 bits per heavy atom. The third kappa shape index (κ3) is 5.46. The van der Waals surface area contributed by atoms with E-state index in [4.69, 9.17) is 4.74 Å². The Balaban J connectivity index is 2.02. The van der Waals surface area contributed by atoms with E-state index in [0.717, 1.165) is 5.69 Å². The highest BCUT2D eigenvalue weighted by Gasteiger charge is 2.00. The standard InChI is InChI=1S/C9H15N3O2S/c1-14-3-2-11-9(13)5-10-4-8-6-15-7-12-8/h6-7,10H,2-5H2,1H3,(H,11,13). The fraction of sp³-hybridized carbons (Fsp3) is 0.556. The van der Waals surface area contributed by atoms with Gasteiger partial charge in [0, 0.05) is 25.6 Å². The number of ether oxygens (including phenoxy) is 1. The predicted octanol–water partition coefficient (Wildman–Crippen LogP) is -0.00470. The summed E-state index contributed by atoms with van der Waals surface area (Å²) in [6, 6.07) is 0. The van der Waals surface area contributed by atoms with E-state index in [2.05, 4.69) is 15.6 Å². The van der Waals surface area contributed by atoms with Crippen molar-refractivity contribution in [3.8, 4) is 0 Å². The van der Waals surface area contributed by atoms with Gasteiger partial charge in [-0.15, -0.1) is 11.3 Å². The van der Waals surface area contributed by atoms with Crippen molar-refractivity contribution in [2.45, 2.75) is 6.54 Å². The number of nitrogens with zero attached hydrogens (tertiary/aromatic N) is 1. The molecular formula is C9H15N3O2S. The van der Waals surface area contributed by atoms with Crippen LogP contribution in [0.4, 0.5) is 0 Å². The number of hydrogen-bond donors (Lipinski definition) is 2. The van der Waals surface area contributed by atoms with Crippen LogP contribution in [-0.4, -0.2) is 37.7 Å². The lowest BCUT2D eigenvalue weighted by Crippen LogP contribution is -2.35. The number of amides is 1. The van der Waals surface area contributed by atoms with Crippen molar-refractivity contribution in [3.05, 3.63) is 16.6 Å². The van der Waals surface area contributed by atoms with Gasteiger partial charge in [-0.25, -0.2) is 4.98 Å². The molecule has 0 spiro atoms. The monoisotopic (exact) mass is 229 g/mol. The van der Waals surface area contributed by atoms with Crippen LogP contribution in [-0.2, 0) is 16.1 Å². The van der Waals surface area contributed by atoms with E-state index in [1.165, 1.54) is 0 Å². The highest BCUT2D eigenvalue weighted by atomic mass is 32.1. The highest BCUT2D eigenvalue weighted by Crippen LogP contribution is 1.99. The molecule has 0 aromatic carbocycles. The highest BCUT2D eigenvalue weighted by molar-refractivity contribution is 7.07. The molecule has 1 amide bonds. The third-order valence-electron chi connectivity index (χ3n) is 1.70. The van der Waals surface area contributed by atoms with Gasteiger partial charge >= 0.3 is 0 Å². The van der Waals surface area contributed by atoms with Crippen LogP contribution >= 0.6 is 11.3 Å². The van der Waals surface area contributed by atoms with Crippen LogP contribution in [0.3, 0.4) is 0 Å². The molecule has 0 unspecified atom stereocenters. The molecule has 0 aliphatic carbocycles. The number of rotatable bonds is 7. The number of hydrogen-bond acceptors (Lipinski definition) is 5. The molecule has 0 aliphatic heterocycles. The lowest BCUT2D eigenvalue weighted by molar-refractivity contribution is -0.120. The summed E-state index contributed by atoms with van der Waals surface area (Å²) in [5, 5.41) is 7.68. The molecule has 15 heavy (non-hydrogen) atoms. The lowest BCUT2D eigenvalue weighted by atomic mass is 10.4. The van der Waals surface area contributed by atoms with Gasteiger partial charge in [0.05, 0.1) is 24.4 Å². The van der Waals surface area contributed by atoms with Crippen molar-refractivity contribution >= 4 is 17.2 Å². The molecule has 5 nitrogen and oxygen atoms in total. The second-order valence-corrected chi connectivity index (χ2v) is 3.64. The molecule has 0 radical (unpaired) electrons. The Hall–Kier alpha value is -0.980. The van der Waals surface area contributed by atoms with E-state index in [1.54, 1.807) is 24.0 Å². The molecule has 1 aromatic heterocycles. The zero-order valence-electron chi connectivity index (χ0n) is 8.66. The van der Waals surface area contributed by atoms with Crippen molar-refractivity contribution in [3.63, 3.8) is 0 Å². The molecule has 0 saturated carbocycles. The summed E-state index contributed by atoms with van der Waals surface area (Å²) >= 11 is 1.55. The molecule has 84 valence electrons. The van der Waals surface area contributed by atoms with Gasteiger partial charge in [0.2, 0.25) is 5.91 Å². The van der Waals surface area contributed by atoms with Gasteiger partial charge < -0.3 is 15.4 Å². The molecule has 0 fully saturated rings. The zero-order chi connectivity index (χ0) is 10.9. The van der Waals surface area contributed by atoms with Crippen LogP contribution < -0.4 is 10.6 Å². The second kappa shape index (κ2) is 7.33. The Labute approximate surface area is 92.9 Å². The summed E-state index contributed by atoms with van der Waals surface area (Å²) in [7, 11) is 1.60. The van der Waals surface area contributed by atoms with Crippen molar-refractivity contribution in [2.24, 2.45) is 0 Å². The van der Waals surface area contributed by atoms with E-state index < -0.39 is 0 Å². The van der Waals surface area contributed by atoms with Crippen molar-refractivity contribution in [2.75, 3.05) is 26.8 Å². The first-order valence-electron chi connectivity index (χ1n) is 4.66. The minimum absolute atomic E-state index is 0.0257. The zero-order valence-corrected chi connectivity index (χ0v) is 9.47. The van der Waals surface area contributed by atoms with Gasteiger partial charge in [-0.3, -0.25) is 4.79 Å². The minimum Gasteiger partial charge on any atom is -0.383 e. The summed E-state index contributed by atoms with van der Waals surface area (Å²) in [5.41, 5.74) is 2.74. The van der Waals surface area contributed by atoms with Gasteiger partial charge in [-0.05, 0) is 0 Å². The van der Waals surface area contributed by atoms with Crippen LogP contribution in [0.1, 0.15) is 5.69 Å². The van der Waals surface area contributed by atoms with E-state index in [9.17, 15) is 4.79 Å². The number of aromatic nitrogens is 1. The van der Waals surface area contributed by atoms with Crippen molar-refractivity contribution in [1.82, 2.24) is 15.6 Å². The topological polar surface area (TPSA) is 63.2 Å². The van der Waals surface area contributed by atoms with E-state index in [1.807, 2.05) is 5.38 Å². The normalized spacial score (nSPS) is 10.2. The van der Waals surface area contributed by atoms with E-state index >= 15 is 0 Å². The number of nitrogens with one attached hydrogen (secondary N) is 2. The fourth-order valence-electron chi connectivity index (χ4n) is 0.984. The molecule has 0 saturated heterocycles. The fourth-order valence-corrected chi connectivity index (χ4v) is 1.54. The SMILES string of the molecule is COCCNC(=O)CNCc1cscn1.